The number of carbonyl (C=O) groups excluding carboxylic acids is 1. The van der Waals surface area contributed by atoms with Crippen molar-refractivity contribution in [2.75, 3.05) is 0 Å². The number of ether oxygens (including phenoxy) is 1. The maximum Gasteiger partial charge on any atom is 0.220 e. The number of aromatic nitrogens is 1. The monoisotopic (exact) mass is 615 g/mol. The maximum atomic E-state index is 11.7. The van der Waals surface area contributed by atoms with Crippen LogP contribution in [0.1, 0.15) is 53.4 Å². The van der Waals surface area contributed by atoms with Gasteiger partial charge >= 0.3 is 0 Å². The number of allylic oxidation sites excluding steroid dienone is 2. The number of fused-ring (bicyclic) bond motifs is 1. The van der Waals surface area contributed by atoms with Crippen molar-refractivity contribution in [2.45, 2.75) is 53.4 Å². The van der Waals surface area contributed by atoms with Gasteiger partial charge in [0.2, 0.25) is 5.88 Å². The summed E-state index contributed by atoms with van der Waals surface area (Å²) in [5.41, 5.74) is 0.765. The first-order valence-corrected chi connectivity index (χ1v) is 10.9. The molecule has 2 aromatic heterocycles. The van der Waals surface area contributed by atoms with Crippen LogP contribution >= 0.6 is 0 Å². The van der Waals surface area contributed by atoms with Gasteiger partial charge in [0.1, 0.15) is 5.58 Å². The van der Waals surface area contributed by atoms with Gasteiger partial charge in [0.15, 0.2) is 5.78 Å². The van der Waals surface area contributed by atoms with Crippen LogP contribution in [0.5, 0.6) is 11.6 Å². The number of aliphatic hydroxyl groups is 1. The van der Waals surface area contributed by atoms with Crippen molar-refractivity contribution in [3.05, 3.63) is 66.8 Å². The van der Waals surface area contributed by atoms with E-state index in [-0.39, 0.29) is 43.5 Å². The molecule has 1 aromatic carbocycles. The van der Waals surface area contributed by atoms with Crippen LogP contribution in [0.4, 0.5) is 0 Å². The molecule has 0 spiro atoms. The number of carbonyl (C=O) groups is 1. The fraction of sp³-hybridized carbons (Fsp3) is 0.385. The van der Waals surface area contributed by atoms with Crippen LogP contribution in [0.2, 0.25) is 0 Å². The number of para-hydroxylation sites is 1. The van der Waals surface area contributed by atoms with Gasteiger partial charge in [-0.2, -0.15) is 18.2 Å². The molecule has 0 saturated heterocycles. The Hall–Kier alpha value is -2.43. The smallest absolute Gasteiger partial charge is 0.220 e. The van der Waals surface area contributed by atoms with E-state index in [0.717, 1.165) is 36.7 Å². The molecule has 0 amide bonds. The molecule has 175 valence electrons. The number of hydrogen-bond donors (Lipinski definition) is 1. The van der Waals surface area contributed by atoms with Crippen molar-refractivity contribution < 1.29 is 39.2 Å². The first-order chi connectivity index (χ1) is 15.0. The third kappa shape index (κ3) is 8.25. The number of furan rings is 1. The summed E-state index contributed by atoms with van der Waals surface area (Å²) < 4.78 is 10.8. The van der Waals surface area contributed by atoms with Crippen LogP contribution in [0.25, 0.3) is 11.0 Å². The van der Waals surface area contributed by atoms with Crippen molar-refractivity contribution in [3.8, 4) is 11.6 Å². The Labute approximate surface area is 204 Å². The molecule has 0 aliphatic heterocycles. The first-order valence-electron chi connectivity index (χ1n) is 10.9. The zero-order chi connectivity index (χ0) is 22.6. The van der Waals surface area contributed by atoms with Crippen LogP contribution < -0.4 is 4.74 Å². The summed E-state index contributed by atoms with van der Waals surface area (Å²) in [4.78, 5) is 15.9. The van der Waals surface area contributed by atoms with E-state index >= 15 is 0 Å². The third-order valence-electron chi connectivity index (χ3n) is 5.29. The SMILES string of the molecule is CCC(CC)C(=O)/C=C(\O)C(CC)CC.[Ir].[c-]1ccccc1Oc1cc2occc2cn1. The summed E-state index contributed by atoms with van der Waals surface area (Å²) in [6.07, 6.45) is 8.26. The van der Waals surface area contributed by atoms with Crippen LogP contribution in [-0.2, 0) is 24.9 Å². The predicted molar refractivity (Wildman–Crippen MR) is 123 cm³/mol. The third-order valence-corrected chi connectivity index (χ3v) is 5.29. The molecule has 0 fully saturated rings. The minimum Gasteiger partial charge on any atom is -0.512 e. The summed E-state index contributed by atoms with van der Waals surface area (Å²) in [5.74, 6) is 1.69. The molecule has 6 heteroatoms. The van der Waals surface area contributed by atoms with Gasteiger partial charge in [-0.15, -0.1) is 12.1 Å². The van der Waals surface area contributed by atoms with Gasteiger partial charge in [0, 0.05) is 61.4 Å². The van der Waals surface area contributed by atoms with Crippen molar-refractivity contribution >= 4 is 16.8 Å². The van der Waals surface area contributed by atoms with Crippen LogP contribution in [0.15, 0.2) is 65.1 Å². The Balaban J connectivity index is 0.000000312. The van der Waals surface area contributed by atoms with E-state index < -0.39 is 0 Å². The van der Waals surface area contributed by atoms with E-state index in [9.17, 15) is 9.90 Å². The van der Waals surface area contributed by atoms with E-state index in [1.54, 1.807) is 24.6 Å². The van der Waals surface area contributed by atoms with Gasteiger partial charge < -0.3 is 14.3 Å². The predicted octanol–water partition coefficient (Wildman–Crippen LogP) is 7.29. The molecule has 2 heterocycles. The molecule has 0 aliphatic carbocycles. The Morgan fingerprint density at radius 3 is 2.41 bits per heavy atom. The molecule has 1 N–H and O–H groups in total. The van der Waals surface area contributed by atoms with E-state index in [4.69, 9.17) is 9.15 Å². The topological polar surface area (TPSA) is 72.6 Å². The minimum atomic E-state index is 0. The van der Waals surface area contributed by atoms with Crippen LogP contribution in [0, 0.1) is 17.9 Å². The normalized spacial score (nSPS) is 11.1. The van der Waals surface area contributed by atoms with Crippen LogP contribution in [0.3, 0.4) is 0 Å². The maximum absolute atomic E-state index is 11.7. The molecule has 3 rings (SSSR count). The summed E-state index contributed by atoms with van der Waals surface area (Å²) in [6, 6.07) is 14.0. The summed E-state index contributed by atoms with van der Waals surface area (Å²) >= 11 is 0. The van der Waals surface area contributed by atoms with E-state index in [1.807, 2.05) is 52.0 Å². The molecule has 1 radical (unpaired) electrons. The van der Waals surface area contributed by atoms with Crippen molar-refractivity contribution in [3.63, 3.8) is 0 Å². The van der Waals surface area contributed by atoms with Gasteiger partial charge in [0.25, 0.3) is 0 Å². The Morgan fingerprint density at radius 1 is 1.12 bits per heavy atom. The Bertz CT molecular complexity index is 960. The molecule has 0 saturated carbocycles. The molecule has 5 nitrogen and oxygen atoms in total. The van der Waals surface area contributed by atoms with Crippen molar-refractivity contribution in [1.29, 1.82) is 0 Å². The fourth-order valence-electron chi connectivity index (χ4n) is 3.23. The Kier molecular flexibility index (Phi) is 12.6. The summed E-state index contributed by atoms with van der Waals surface area (Å²) in [7, 11) is 0. The summed E-state index contributed by atoms with van der Waals surface area (Å²) in [5, 5.41) is 10.7. The number of hydrogen-bond acceptors (Lipinski definition) is 5. The summed E-state index contributed by atoms with van der Waals surface area (Å²) in [6.45, 7) is 8.07. The molecule has 0 unspecified atom stereocenters. The zero-order valence-corrected chi connectivity index (χ0v) is 21.5. The number of aliphatic hydroxyl groups excluding tert-OH is 1. The van der Waals surface area contributed by atoms with E-state index in [1.165, 1.54) is 6.08 Å². The standard InChI is InChI=1S/C13H8NO2.C13H24O2.Ir/c1-2-4-11(5-3-1)16-13-8-12-10(9-14-13)6-7-15-12;1-5-10(6-2)12(14)9-13(15)11(7-3)8-4;/h1-4,6-9H;9-11,14H,5-8H2,1-4H3;/q-1;;/b;12-9-;. The number of benzene rings is 1. The van der Waals surface area contributed by atoms with Crippen LogP contribution in [-0.4, -0.2) is 15.9 Å². The fourth-order valence-corrected chi connectivity index (χ4v) is 3.23. The second kappa shape index (κ2) is 14.6. The molecular weight excluding hydrogens is 583 g/mol. The van der Waals surface area contributed by atoms with Gasteiger partial charge in [-0.3, -0.25) is 4.79 Å². The van der Waals surface area contributed by atoms with Crippen molar-refractivity contribution in [1.82, 2.24) is 4.98 Å². The quantitative estimate of drug-likeness (QED) is 0.156. The average Bonchev–Trinajstić information content (AvgIpc) is 3.24. The number of pyridine rings is 1. The van der Waals surface area contributed by atoms with E-state index in [2.05, 4.69) is 11.1 Å². The zero-order valence-electron chi connectivity index (χ0n) is 19.1. The van der Waals surface area contributed by atoms with Gasteiger partial charge in [-0.05, 0) is 31.7 Å². The molecule has 3 aromatic rings. The molecular formula is C26H32IrNO4-. The minimum absolute atomic E-state index is 0. The Morgan fingerprint density at radius 2 is 1.81 bits per heavy atom. The van der Waals surface area contributed by atoms with Gasteiger partial charge in [-0.25, -0.2) is 4.98 Å². The van der Waals surface area contributed by atoms with E-state index in [0.29, 0.717) is 11.6 Å². The largest absolute Gasteiger partial charge is 0.512 e. The number of nitrogens with zero attached hydrogens (tertiary/aromatic N) is 1. The first kappa shape index (κ1) is 27.6. The molecule has 0 atom stereocenters. The second-order valence-electron chi connectivity index (χ2n) is 7.31. The second-order valence-corrected chi connectivity index (χ2v) is 7.31. The number of ketones is 1. The average molecular weight is 615 g/mol. The number of rotatable bonds is 9. The molecule has 0 aliphatic rings. The molecule has 32 heavy (non-hydrogen) atoms. The molecule has 0 bridgehead atoms. The van der Waals surface area contributed by atoms with Gasteiger partial charge in [-0.1, -0.05) is 27.7 Å². The van der Waals surface area contributed by atoms with Gasteiger partial charge in [0.05, 0.1) is 12.0 Å². The van der Waals surface area contributed by atoms with Crippen molar-refractivity contribution in [2.24, 2.45) is 11.8 Å².